The quantitative estimate of drug-likeness (QED) is 0.912. The molecular formula is C11H10Cl2N2O2S. The van der Waals surface area contributed by atoms with E-state index < -0.39 is 10.0 Å². The van der Waals surface area contributed by atoms with E-state index in [9.17, 15) is 8.42 Å². The van der Waals surface area contributed by atoms with Crippen LogP contribution in [0.1, 0.15) is 5.56 Å². The summed E-state index contributed by atoms with van der Waals surface area (Å²) in [6.45, 7) is 0.214. The van der Waals surface area contributed by atoms with Gasteiger partial charge in [-0.05, 0) is 29.8 Å². The van der Waals surface area contributed by atoms with E-state index in [1.54, 1.807) is 18.5 Å². The molecule has 96 valence electrons. The molecule has 0 bridgehead atoms. The van der Waals surface area contributed by atoms with Gasteiger partial charge in [0, 0.05) is 18.9 Å². The van der Waals surface area contributed by atoms with Crippen molar-refractivity contribution in [1.29, 1.82) is 0 Å². The van der Waals surface area contributed by atoms with Gasteiger partial charge in [-0.1, -0.05) is 23.2 Å². The van der Waals surface area contributed by atoms with Crippen LogP contribution < -0.4 is 4.72 Å². The van der Waals surface area contributed by atoms with Gasteiger partial charge < -0.3 is 4.98 Å². The summed E-state index contributed by atoms with van der Waals surface area (Å²) in [5, 5.41) is 0.530. The zero-order valence-corrected chi connectivity index (χ0v) is 11.5. The number of halogens is 2. The van der Waals surface area contributed by atoms with Gasteiger partial charge in [0.05, 0.1) is 14.9 Å². The van der Waals surface area contributed by atoms with E-state index in [1.165, 1.54) is 18.2 Å². The first kappa shape index (κ1) is 13.4. The van der Waals surface area contributed by atoms with Gasteiger partial charge in [-0.2, -0.15) is 0 Å². The summed E-state index contributed by atoms with van der Waals surface area (Å²) in [4.78, 5) is 2.94. The minimum atomic E-state index is -3.58. The van der Waals surface area contributed by atoms with Crippen molar-refractivity contribution in [3.63, 3.8) is 0 Å². The third kappa shape index (κ3) is 3.05. The molecule has 1 heterocycles. The van der Waals surface area contributed by atoms with E-state index in [0.29, 0.717) is 5.02 Å². The Morgan fingerprint density at radius 3 is 2.56 bits per heavy atom. The molecule has 4 nitrogen and oxygen atoms in total. The molecule has 0 spiro atoms. The number of hydrogen-bond donors (Lipinski definition) is 2. The molecule has 1 aromatic carbocycles. The summed E-state index contributed by atoms with van der Waals surface area (Å²) >= 11 is 11.5. The monoisotopic (exact) mass is 304 g/mol. The molecule has 0 unspecified atom stereocenters. The maximum absolute atomic E-state index is 12.0. The van der Waals surface area contributed by atoms with Crippen LogP contribution >= 0.6 is 23.2 Å². The average molecular weight is 305 g/mol. The fraction of sp³-hybridized carbons (Fsp3) is 0.0909. The molecule has 18 heavy (non-hydrogen) atoms. The number of aromatic nitrogens is 1. The predicted octanol–water partition coefficient (Wildman–Crippen LogP) is 2.80. The molecule has 0 aliphatic rings. The van der Waals surface area contributed by atoms with Gasteiger partial charge in [0.1, 0.15) is 0 Å². The second-order valence-corrected chi connectivity index (χ2v) is 6.20. The van der Waals surface area contributed by atoms with Crippen molar-refractivity contribution in [3.8, 4) is 0 Å². The van der Waals surface area contributed by atoms with Crippen LogP contribution in [-0.4, -0.2) is 13.4 Å². The summed E-state index contributed by atoms with van der Waals surface area (Å²) in [7, 11) is -3.58. The van der Waals surface area contributed by atoms with Crippen LogP contribution in [0, 0.1) is 0 Å². The maximum Gasteiger partial charge on any atom is 0.240 e. The Bertz CT molecular complexity index is 639. The van der Waals surface area contributed by atoms with Crippen molar-refractivity contribution >= 4 is 33.2 Å². The molecule has 0 amide bonds. The van der Waals surface area contributed by atoms with Gasteiger partial charge in [-0.15, -0.1) is 0 Å². The van der Waals surface area contributed by atoms with Crippen molar-refractivity contribution in [2.24, 2.45) is 0 Å². The van der Waals surface area contributed by atoms with Crippen LogP contribution in [0.25, 0.3) is 0 Å². The largest absolute Gasteiger partial charge is 0.367 e. The number of H-pyrrole nitrogens is 1. The van der Waals surface area contributed by atoms with Crippen LogP contribution in [0.4, 0.5) is 0 Å². The number of rotatable bonds is 4. The van der Waals surface area contributed by atoms with Gasteiger partial charge in [-0.25, -0.2) is 13.1 Å². The number of aromatic amines is 1. The fourth-order valence-electron chi connectivity index (χ4n) is 1.37. The standard InChI is InChI=1S/C11H10Cl2N2O2S/c12-10-2-1-9(5-11(10)13)18(16,17)15-7-8-3-4-14-6-8/h1-6,14-15H,7H2. The number of benzene rings is 1. The van der Waals surface area contributed by atoms with E-state index in [4.69, 9.17) is 23.2 Å². The number of hydrogen-bond acceptors (Lipinski definition) is 2. The molecule has 1 aromatic heterocycles. The summed E-state index contributed by atoms with van der Waals surface area (Å²) in [6.07, 6.45) is 3.44. The summed E-state index contributed by atoms with van der Waals surface area (Å²) in [6, 6.07) is 5.98. The Morgan fingerprint density at radius 2 is 1.94 bits per heavy atom. The first-order chi connectivity index (χ1) is 8.49. The van der Waals surface area contributed by atoms with E-state index >= 15 is 0 Å². The van der Waals surface area contributed by atoms with Gasteiger partial charge in [0.25, 0.3) is 0 Å². The topological polar surface area (TPSA) is 62.0 Å². The number of nitrogens with one attached hydrogen (secondary N) is 2. The molecule has 0 aliphatic carbocycles. The zero-order valence-electron chi connectivity index (χ0n) is 9.15. The SMILES string of the molecule is O=S(=O)(NCc1cc[nH]c1)c1ccc(Cl)c(Cl)c1. The molecule has 0 aliphatic heterocycles. The van der Waals surface area contributed by atoms with Gasteiger partial charge in [0.15, 0.2) is 0 Å². The highest BCUT2D eigenvalue weighted by atomic mass is 35.5. The van der Waals surface area contributed by atoms with Crippen LogP contribution in [0.2, 0.25) is 10.0 Å². The molecule has 2 rings (SSSR count). The molecule has 7 heteroatoms. The molecule has 0 atom stereocenters. The smallest absolute Gasteiger partial charge is 0.240 e. The fourth-order valence-corrected chi connectivity index (χ4v) is 2.78. The Labute approximate surface area is 115 Å². The Hall–Kier alpha value is -1.01. The highest BCUT2D eigenvalue weighted by Crippen LogP contribution is 2.24. The summed E-state index contributed by atoms with van der Waals surface area (Å²) in [5.74, 6) is 0. The molecular weight excluding hydrogens is 295 g/mol. The Balaban J connectivity index is 2.17. The molecule has 0 radical (unpaired) electrons. The molecule has 2 N–H and O–H groups in total. The highest BCUT2D eigenvalue weighted by molar-refractivity contribution is 7.89. The third-order valence-corrected chi connectivity index (χ3v) is 4.47. The van der Waals surface area contributed by atoms with E-state index in [2.05, 4.69) is 9.71 Å². The van der Waals surface area contributed by atoms with Crippen molar-refractivity contribution < 1.29 is 8.42 Å². The Kier molecular flexibility index (Phi) is 3.97. The van der Waals surface area contributed by atoms with Gasteiger partial charge in [0.2, 0.25) is 10.0 Å². The Morgan fingerprint density at radius 1 is 1.17 bits per heavy atom. The lowest BCUT2D eigenvalue weighted by molar-refractivity contribution is 0.581. The first-order valence-corrected chi connectivity index (χ1v) is 7.29. The van der Waals surface area contributed by atoms with E-state index in [1.807, 2.05) is 0 Å². The average Bonchev–Trinajstić information content (AvgIpc) is 2.83. The predicted molar refractivity (Wildman–Crippen MR) is 71.3 cm³/mol. The van der Waals surface area contributed by atoms with E-state index in [-0.39, 0.29) is 16.5 Å². The first-order valence-electron chi connectivity index (χ1n) is 5.05. The highest BCUT2D eigenvalue weighted by Gasteiger charge is 2.15. The second-order valence-electron chi connectivity index (χ2n) is 3.62. The summed E-state index contributed by atoms with van der Waals surface area (Å²) in [5.41, 5.74) is 0.846. The van der Waals surface area contributed by atoms with Crippen LogP contribution in [-0.2, 0) is 16.6 Å². The minimum Gasteiger partial charge on any atom is -0.367 e. The lowest BCUT2D eigenvalue weighted by Gasteiger charge is -2.06. The maximum atomic E-state index is 12.0. The van der Waals surface area contributed by atoms with E-state index in [0.717, 1.165) is 5.56 Å². The van der Waals surface area contributed by atoms with Crippen LogP contribution in [0.15, 0.2) is 41.6 Å². The third-order valence-electron chi connectivity index (χ3n) is 2.33. The molecule has 0 saturated carbocycles. The molecule has 2 aromatic rings. The van der Waals surface area contributed by atoms with Crippen LogP contribution in [0.3, 0.4) is 0 Å². The number of sulfonamides is 1. The molecule has 0 fully saturated rings. The van der Waals surface area contributed by atoms with Crippen LogP contribution in [0.5, 0.6) is 0 Å². The van der Waals surface area contributed by atoms with Gasteiger partial charge >= 0.3 is 0 Å². The van der Waals surface area contributed by atoms with Crippen molar-refractivity contribution in [2.45, 2.75) is 11.4 Å². The van der Waals surface area contributed by atoms with Crippen molar-refractivity contribution in [3.05, 3.63) is 52.3 Å². The van der Waals surface area contributed by atoms with Crippen molar-refractivity contribution in [1.82, 2.24) is 9.71 Å². The summed E-state index contributed by atoms with van der Waals surface area (Å²) < 4.78 is 26.4. The van der Waals surface area contributed by atoms with Crippen molar-refractivity contribution in [2.75, 3.05) is 0 Å². The lowest BCUT2D eigenvalue weighted by atomic mass is 10.4. The normalized spacial score (nSPS) is 11.7. The second kappa shape index (κ2) is 5.32. The van der Waals surface area contributed by atoms with Gasteiger partial charge in [-0.3, -0.25) is 0 Å². The zero-order chi connectivity index (χ0) is 13.2. The lowest BCUT2D eigenvalue weighted by Crippen LogP contribution is -2.23. The minimum absolute atomic E-state index is 0.0902. The molecule has 0 saturated heterocycles.